The molecule has 2 rings (SSSR count). The molecule has 2 N–H and O–H groups in total. The van der Waals surface area contributed by atoms with Crippen molar-refractivity contribution in [3.8, 4) is 5.75 Å². The largest absolute Gasteiger partial charge is 0.491 e. The Morgan fingerprint density at radius 3 is 2.52 bits per heavy atom. The molecule has 0 saturated heterocycles. The number of carboxylic acid groups (broad SMARTS) is 1. The van der Waals surface area contributed by atoms with Crippen LogP contribution in [0.25, 0.3) is 0 Å². The number of hydrogen-bond acceptors (Lipinski definition) is 3. The van der Waals surface area contributed by atoms with Gasteiger partial charge in [-0.1, -0.05) is 52.3 Å². The van der Waals surface area contributed by atoms with Gasteiger partial charge in [0.2, 0.25) is 0 Å². The van der Waals surface area contributed by atoms with Crippen LogP contribution in [0.4, 0.5) is 4.79 Å². The van der Waals surface area contributed by atoms with E-state index in [2.05, 4.69) is 26.1 Å². The smallest absolute Gasteiger partial charge is 0.322 e. The molecule has 160 valence electrons. The minimum absolute atomic E-state index is 0.0122. The number of benzene rings is 1. The lowest BCUT2D eigenvalue weighted by molar-refractivity contribution is -0.137. The highest BCUT2D eigenvalue weighted by Crippen LogP contribution is 2.39. The Labute approximate surface area is 177 Å². The van der Waals surface area contributed by atoms with Crippen LogP contribution >= 0.6 is 11.6 Å². The van der Waals surface area contributed by atoms with Gasteiger partial charge in [0, 0.05) is 12.7 Å². The molecule has 0 saturated carbocycles. The summed E-state index contributed by atoms with van der Waals surface area (Å²) in [5.74, 6) is -0.207. The van der Waals surface area contributed by atoms with E-state index in [9.17, 15) is 9.59 Å². The molecular weight excluding hydrogens is 392 g/mol. The number of carbonyl (C=O) groups excluding carboxylic acids is 1. The normalized spacial score (nSPS) is 19.8. The zero-order valence-electron chi connectivity index (χ0n) is 18.0. The SMILES string of the molecule is CC(C)C1=CN(CCC(=O)O)C(=O)N[C@@]1(C)c1ccc(OCC(C)(C)C)c(Cl)c1. The molecule has 1 atom stereocenters. The van der Waals surface area contributed by atoms with Crippen LogP contribution in [-0.2, 0) is 10.3 Å². The fourth-order valence-electron chi connectivity index (χ4n) is 3.28. The topological polar surface area (TPSA) is 78.9 Å². The molecule has 1 heterocycles. The third-order valence-corrected chi connectivity index (χ3v) is 5.14. The molecule has 1 aromatic rings. The van der Waals surface area contributed by atoms with Crippen molar-refractivity contribution in [2.75, 3.05) is 13.2 Å². The minimum atomic E-state index is -0.941. The van der Waals surface area contributed by atoms with Crippen molar-refractivity contribution in [1.82, 2.24) is 10.2 Å². The number of nitrogens with zero attached hydrogens (tertiary/aromatic N) is 1. The molecule has 1 aliphatic heterocycles. The standard InChI is InChI=1S/C22H31ClN2O4/c1-14(2)16-12-25(10-9-19(26)27)20(28)24-22(16,6)15-7-8-18(17(23)11-15)29-13-21(3,4)5/h7-8,11-12,14H,9-10,13H2,1-6H3,(H,24,28)(H,26,27)/t22-/m0/s1. The van der Waals surface area contributed by atoms with Crippen molar-refractivity contribution in [1.29, 1.82) is 0 Å². The van der Waals surface area contributed by atoms with Gasteiger partial charge >= 0.3 is 12.0 Å². The molecule has 2 amide bonds. The first-order valence-electron chi connectivity index (χ1n) is 9.79. The zero-order valence-corrected chi connectivity index (χ0v) is 18.8. The van der Waals surface area contributed by atoms with E-state index in [-0.39, 0.29) is 30.3 Å². The van der Waals surface area contributed by atoms with Crippen LogP contribution in [0.5, 0.6) is 5.75 Å². The number of carboxylic acids is 1. The van der Waals surface area contributed by atoms with Crippen molar-refractivity contribution in [2.45, 2.75) is 53.5 Å². The maximum Gasteiger partial charge on any atom is 0.322 e. The second-order valence-electron chi connectivity index (χ2n) is 9.13. The van der Waals surface area contributed by atoms with E-state index in [0.29, 0.717) is 17.4 Å². The average Bonchev–Trinajstić information content (AvgIpc) is 2.58. The van der Waals surface area contributed by atoms with Crippen LogP contribution < -0.4 is 10.1 Å². The monoisotopic (exact) mass is 422 g/mol. The van der Waals surface area contributed by atoms with Crippen molar-refractivity contribution >= 4 is 23.6 Å². The highest BCUT2D eigenvalue weighted by atomic mass is 35.5. The van der Waals surface area contributed by atoms with Gasteiger partial charge in [0.05, 0.1) is 23.6 Å². The first-order chi connectivity index (χ1) is 13.3. The van der Waals surface area contributed by atoms with Crippen molar-refractivity contribution in [3.05, 3.63) is 40.6 Å². The molecular formula is C22H31ClN2O4. The number of nitrogens with one attached hydrogen (secondary N) is 1. The maximum atomic E-state index is 12.6. The van der Waals surface area contributed by atoms with Crippen LogP contribution in [-0.4, -0.2) is 35.2 Å². The van der Waals surface area contributed by atoms with E-state index in [0.717, 1.165) is 11.1 Å². The van der Waals surface area contributed by atoms with E-state index in [1.54, 1.807) is 6.20 Å². The van der Waals surface area contributed by atoms with Gasteiger partial charge in [-0.25, -0.2) is 4.79 Å². The molecule has 29 heavy (non-hydrogen) atoms. The second kappa shape index (κ2) is 8.66. The third-order valence-electron chi connectivity index (χ3n) is 4.85. The predicted octanol–water partition coefficient (Wildman–Crippen LogP) is 5.02. The van der Waals surface area contributed by atoms with Crippen LogP contribution in [0.2, 0.25) is 5.02 Å². The molecule has 0 spiro atoms. The number of aliphatic carboxylic acids is 1. The predicted molar refractivity (Wildman–Crippen MR) is 114 cm³/mol. The van der Waals surface area contributed by atoms with Gasteiger partial charge in [-0.15, -0.1) is 0 Å². The summed E-state index contributed by atoms with van der Waals surface area (Å²) >= 11 is 6.48. The summed E-state index contributed by atoms with van der Waals surface area (Å²) in [6.45, 7) is 12.9. The number of amides is 2. The van der Waals surface area contributed by atoms with Gasteiger partial charge in [-0.2, -0.15) is 0 Å². The summed E-state index contributed by atoms with van der Waals surface area (Å²) in [4.78, 5) is 25.0. The second-order valence-corrected chi connectivity index (χ2v) is 9.53. The molecule has 0 aliphatic carbocycles. The maximum absolute atomic E-state index is 12.6. The molecule has 0 unspecified atom stereocenters. The number of rotatable bonds is 7. The highest BCUT2D eigenvalue weighted by Gasteiger charge is 2.40. The molecule has 6 nitrogen and oxygen atoms in total. The van der Waals surface area contributed by atoms with Gasteiger partial charge in [0.1, 0.15) is 5.75 Å². The molecule has 0 bridgehead atoms. The van der Waals surface area contributed by atoms with Crippen molar-refractivity contribution in [2.24, 2.45) is 11.3 Å². The summed E-state index contributed by atoms with van der Waals surface area (Å²) in [7, 11) is 0. The fourth-order valence-corrected chi connectivity index (χ4v) is 3.52. The van der Waals surface area contributed by atoms with Crippen molar-refractivity contribution < 1.29 is 19.4 Å². The minimum Gasteiger partial charge on any atom is -0.491 e. The lowest BCUT2D eigenvalue weighted by Gasteiger charge is -2.42. The van der Waals surface area contributed by atoms with Crippen LogP contribution in [0, 0.1) is 11.3 Å². The number of halogens is 1. The fraction of sp³-hybridized carbons (Fsp3) is 0.545. The lowest BCUT2D eigenvalue weighted by atomic mass is 9.78. The van der Waals surface area contributed by atoms with E-state index in [4.69, 9.17) is 21.4 Å². The van der Waals surface area contributed by atoms with Crippen LogP contribution in [0.1, 0.15) is 53.5 Å². The van der Waals surface area contributed by atoms with E-state index < -0.39 is 11.5 Å². The molecule has 0 fully saturated rings. The summed E-state index contributed by atoms with van der Waals surface area (Å²) in [6.07, 6.45) is 1.65. The van der Waals surface area contributed by atoms with Crippen LogP contribution in [0.15, 0.2) is 30.0 Å². The van der Waals surface area contributed by atoms with Gasteiger partial charge in [-0.05, 0) is 41.5 Å². The first kappa shape index (κ1) is 23.1. The molecule has 0 radical (unpaired) electrons. The number of hydrogen-bond donors (Lipinski definition) is 2. The van der Waals surface area contributed by atoms with Crippen molar-refractivity contribution in [3.63, 3.8) is 0 Å². The molecule has 1 aromatic carbocycles. The Balaban J connectivity index is 2.36. The molecule has 1 aliphatic rings. The lowest BCUT2D eigenvalue weighted by Crippen LogP contribution is -2.54. The van der Waals surface area contributed by atoms with Gasteiger partial charge < -0.3 is 20.1 Å². The van der Waals surface area contributed by atoms with Gasteiger partial charge in [-0.3, -0.25) is 4.79 Å². The van der Waals surface area contributed by atoms with E-state index >= 15 is 0 Å². The van der Waals surface area contributed by atoms with E-state index in [1.807, 2.05) is 39.0 Å². The Morgan fingerprint density at radius 2 is 2.00 bits per heavy atom. The summed E-state index contributed by atoms with van der Waals surface area (Å²) in [5, 5.41) is 12.5. The van der Waals surface area contributed by atoms with E-state index in [1.165, 1.54) is 4.90 Å². The Morgan fingerprint density at radius 1 is 1.34 bits per heavy atom. The summed E-state index contributed by atoms with van der Waals surface area (Å²) in [5.41, 5.74) is 1.08. The number of carbonyl (C=O) groups is 2. The summed E-state index contributed by atoms with van der Waals surface area (Å²) < 4.78 is 5.85. The Bertz CT molecular complexity index is 814. The highest BCUT2D eigenvalue weighted by molar-refractivity contribution is 6.32. The Hall–Kier alpha value is -2.21. The van der Waals surface area contributed by atoms with Gasteiger partial charge in [0.15, 0.2) is 0 Å². The summed E-state index contributed by atoms with van der Waals surface area (Å²) in [6, 6.07) is 5.23. The Kier molecular flexibility index (Phi) is 6.89. The molecule has 7 heteroatoms. The number of urea groups is 1. The third kappa shape index (κ3) is 5.66. The van der Waals surface area contributed by atoms with Crippen LogP contribution in [0.3, 0.4) is 0 Å². The first-order valence-corrected chi connectivity index (χ1v) is 10.2. The quantitative estimate of drug-likeness (QED) is 0.646. The van der Waals surface area contributed by atoms with Gasteiger partial charge in [0.25, 0.3) is 0 Å². The molecule has 0 aromatic heterocycles. The number of ether oxygens (including phenoxy) is 1. The average molecular weight is 423 g/mol. The zero-order chi connectivity index (χ0) is 22.0.